The molecule has 16 heavy (non-hydrogen) atoms. The number of thioether (sulfide) groups is 1. The molecule has 1 aliphatic rings. The van der Waals surface area contributed by atoms with Crippen LogP contribution < -0.4 is 5.32 Å². The van der Waals surface area contributed by atoms with Crippen LogP contribution in [0.3, 0.4) is 0 Å². The summed E-state index contributed by atoms with van der Waals surface area (Å²) < 4.78 is 0. The van der Waals surface area contributed by atoms with Gasteiger partial charge in [0.1, 0.15) is 0 Å². The van der Waals surface area contributed by atoms with Crippen molar-refractivity contribution in [2.45, 2.75) is 39.2 Å². The second-order valence-electron chi connectivity index (χ2n) is 4.97. The fourth-order valence-corrected chi connectivity index (χ4v) is 3.07. The molecule has 0 aliphatic carbocycles. The van der Waals surface area contributed by atoms with Crippen molar-refractivity contribution >= 4 is 11.8 Å². The fraction of sp³-hybridized carbons (Fsp3) is 1.00. The molecule has 1 unspecified atom stereocenters. The highest BCUT2D eigenvalue weighted by molar-refractivity contribution is 7.99. The van der Waals surface area contributed by atoms with Crippen molar-refractivity contribution in [1.29, 1.82) is 0 Å². The first-order valence-corrected chi connectivity index (χ1v) is 7.88. The molecule has 1 heterocycles. The van der Waals surface area contributed by atoms with E-state index in [0.717, 1.165) is 12.0 Å². The Hall–Kier alpha value is 0.270. The monoisotopic (exact) mass is 244 g/mol. The maximum absolute atomic E-state index is 3.44. The minimum atomic E-state index is 0.744. The van der Waals surface area contributed by atoms with E-state index in [0.29, 0.717) is 0 Å². The van der Waals surface area contributed by atoms with Gasteiger partial charge in [-0.25, -0.2) is 0 Å². The molecular weight excluding hydrogens is 216 g/mol. The molecule has 1 N–H and O–H groups in total. The summed E-state index contributed by atoms with van der Waals surface area (Å²) in [6, 6.07) is 0.744. The summed E-state index contributed by atoms with van der Waals surface area (Å²) in [6.45, 7) is 8.35. The minimum absolute atomic E-state index is 0.744. The molecule has 0 spiro atoms. The third-order valence-corrected chi connectivity index (χ3v) is 4.57. The Labute approximate surface area is 106 Å². The summed E-state index contributed by atoms with van der Waals surface area (Å²) in [5, 5.41) is 3.44. The van der Waals surface area contributed by atoms with E-state index in [9.17, 15) is 0 Å². The van der Waals surface area contributed by atoms with Crippen molar-refractivity contribution in [3.8, 4) is 0 Å². The van der Waals surface area contributed by atoms with E-state index in [1.54, 1.807) is 0 Å². The van der Waals surface area contributed by atoms with Crippen LogP contribution in [0.5, 0.6) is 0 Å². The van der Waals surface area contributed by atoms with E-state index in [1.807, 2.05) is 0 Å². The lowest BCUT2D eigenvalue weighted by Crippen LogP contribution is -2.38. The Kier molecular flexibility index (Phi) is 7.50. The van der Waals surface area contributed by atoms with E-state index in [4.69, 9.17) is 0 Å². The maximum atomic E-state index is 3.44. The fourth-order valence-electron chi connectivity index (χ4n) is 2.27. The van der Waals surface area contributed by atoms with Crippen LogP contribution in [0.15, 0.2) is 0 Å². The zero-order chi connectivity index (χ0) is 11.8. The van der Waals surface area contributed by atoms with Crippen LogP contribution in [0.4, 0.5) is 0 Å². The second kappa shape index (κ2) is 8.37. The molecular formula is C13H28N2S. The average Bonchev–Trinajstić information content (AvgIpc) is 2.30. The Morgan fingerprint density at radius 1 is 1.38 bits per heavy atom. The number of rotatable bonds is 7. The summed E-state index contributed by atoms with van der Waals surface area (Å²) in [5.41, 5.74) is 0. The van der Waals surface area contributed by atoms with Gasteiger partial charge in [-0.1, -0.05) is 6.92 Å². The summed E-state index contributed by atoms with van der Waals surface area (Å²) in [5.74, 6) is 3.49. The molecule has 1 atom stereocenters. The second-order valence-corrected chi connectivity index (χ2v) is 6.36. The zero-order valence-electron chi connectivity index (χ0n) is 11.2. The Morgan fingerprint density at radius 2 is 2.06 bits per heavy atom. The standard InChI is InChI=1S/C13H28N2S/c1-4-16-10-7-12(2)15(3)11-13-5-8-14-9-6-13/h12-14H,4-11H2,1-3H3. The van der Waals surface area contributed by atoms with E-state index < -0.39 is 0 Å². The molecule has 0 aromatic rings. The van der Waals surface area contributed by atoms with Crippen LogP contribution in [0.1, 0.15) is 33.1 Å². The van der Waals surface area contributed by atoms with Crippen molar-refractivity contribution in [2.75, 3.05) is 38.2 Å². The molecule has 3 heteroatoms. The minimum Gasteiger partial charge on any atom is -0.317 e. The van der Waals surface area contributed by atoms with E-state index >= 15 is 0 Å². The predicted molar refractivity (Wildman–Crippen MR) is 75.3 cm³/mol. The smallest absolute Gasteiger partial charge is 0.00718 e. The van der Waals surface area contributed by atoms with Gasteiger partial charge in [0.2, 0.25) is 0 Å². The Bertz CT molecular complexity index is 169. The van der Waals surface area contributed by atoms with Gasteiger partial charge in [0, 0.05) is 12.6 Å². The predicted octanol–water partition coefficient (Wildman–Crippen LogP) is 2.45. The topological polar surface area (TPSA) is 15.3 Å². The van der Waals surface area contributed by atoms with Crippen LogP contribution in [0.25, 0.3) is 0 Å². The number of nitrogens with zero attached hydrogens (tertiary/aromatic N) is 1. The summed E-state index contributed by atoms with van der Waals surface area (Å²) in [4.78, 5) is 2.56. The first-order valence-electron chi connectivity index (χ1n) is 6.72. The highest BCUT2D eigenvalue weighted by Crippen LogP contribution is 2.15. The molecule has 1 saturated heterocycles. The highest BCUT2D eigenvalue weighted by atomic mass is 32.2. The number of nitrogens with one attached hydrogen (secondary N) is 1. The van der Waals surface area contributed by atoms with Gasteiger partial charge in [0.25, 0.3) is 0 Å². The van der Waals surface area contributed by atoms with Crippen LogP contribution in [0.2, 0.25) is 0 Å². The molecule has 2 nitrogen and oxygen atoms in total. The van der Waals surface area contributed by atoms with Crippen molar-refractivity contribution in [3.63, 3.8) is 0 Å². The molecule has 1 rings (SSSR count). The van der Waals surface area contributed by atoms with Crippen LogP contribution in [-0.2, 0) is 0 Å². The van der Waals surface area contributed by atoms with Crippen LogP contribution >= 0.6 is 11.8 Å². The lowest BCUT2D eigenvalue weighted by atomic mass is 9.97. The Morgan fingerprint density at radius 3 is 2.69 bits per heavy atom. The maximum Gasteiger partial charge on any atom is 0.00718 e. The molecule has 0 saturated carbocycles. The lowest BCUT2D eigenvalue weighted by Gasteiger charge is -2.31. The van der Waals surface area contributed by atoms with Gasteiger partial charge in [-0.2, -0.15) is 11.8 Å². The average molecular weight is 244 g/mol. The van der Waals surface area contributed by atoms with Gasteiger partial charge in [-0.05, 0) is 63.7 Å². The molecule has 96 valence electrons. The van der Waals surface area contributed by atoms with Gasteiger partial charge >= 0.3 is 0 Å². The quantitative estimate of drug-likeness (QED) is 0.693. The van der Waals surface area contributed by atoms with Crippen molar-refractivity contribution < 1.29 is 0 Å². The zero-order valence-corrected chi connectivity index (χ0v) is 12.0. The number of piperidine rings is 1. The van der Waals surface area contributed by atoms with Gasteiger partial charge < -0.3 is 10.2 Å². The number of hydrogen-bond donors (Lipinski definition) is 1. The largest absolute Gasteiger partial charge is 0.317 e. The summed E-state index contributed by atoms with van der Waals surface area (Å²) >= 11 is 2.06. The van der Waals surface area contributed by atoms with Crippen LogP contribution in [-0.4, -0.2) is 49.1 Å². The molecule has 0 aromatic carbocycles. The lowest BCUT2D eigenvalue weighted by molar-refractivity contribution is 0.193. The number of hydrogen-bond acceptors (Lipinski definition) is 3. The molecule has 0 radical (unpaired) electrons. The normalized spacial score (nSPS) is 20.2. The van der Waals surface area contributed by atoms with Gasteiger partial charge in [-0.15, -0.1) is 0 Å². The van der Waals surface area contributed by atoms with Crippen molar-refractivity contribution in [2.24, 2.45) is 5.92 Å². The third-order valence-electron chi connectivity index (χ3n) is 3.64. The molecule has 0 bridgehead atoms. The van der Waals surface area contributed by atoms with E-state index in [-0.39, 0.29) is 0 Å². The molecule has 1 aliphatic heterocycles. The Balaban J connectivity index is 2.14. The SMILES string of the molecule is CCSCCC(C)N(C)CC1CCNCC1. The molecule has 0 aromatic heterocycles. The van der Waals surface area contributed by atoms with Crippen molar-refractivity contribution in [1.82, 2.24) is 10.2 Å². The highest BCUT2D eigenvalue weighted by Gasteiger charge is 2.17. The van der Waals surface area contributed by atoms with Crippen molar-refractivity contribution in [3.05, 3.63) is 0 Å². The van der Waals surface area contributed by atoms with Gasteiger partial charge in [0.15, 0.2) is 0 Å². The first kappa shape index (κ1) is 14.3. The third kappa shape index (κ3) is 5.55. The van der Waals surface area contributed by atoms with E-state index in [1.165, 1.54) is 50.4 Å². The summed E-state index contributed by atoms with van der Waals surface area (Å²) in [6.07, 6.45) is 4.06. The van der Waals surface area contributed by atoms with Crippen LogP contribution in [0, 0.1) is 5.92 Å². The summed E-state index contributed by atoms with van der Waals surface area (Å²) in [7, 11) is 2.29. The molecule has 0 amide bonds. The van der Waals surface area contributed by atoms with Gasteiger partial charge in [-0.3, -0.25) is 0 Å². The van der Waals surface area contributed by atoms with Gasteiger partial charge in [0.05, 0.1) is 0 Å². The first-order chi connectivity index (χ1) is 7.74. The molecule has 1 fully saturated rings. The van der Waals surface area contributed by atoms with E-state index in [2.05, 4.69) is 42.9 Å².